The van der Waals surface area contributed by atoms with E-state index >= 15 is 0 Å². The van der Waals surface area contributed by atoms with Crippen molar-refractivity contribution in [2.75, 3.05) is 13.1 Å². The maximum absolute atomic E-state index is 12.9. The lowest BCUT2D eigenvalue weighted by molar-refractivity contribution is -0.159. The summed E-state index contributed by atoms with van der Waals surface area (Å²) in [6, 6.07) is 6.89. The zero-order valence-corrected chi connectivity index (χ0v) is 18.5. The molecule has 180 valence electrons. The molecule has 0 spiro atoms. The van der Waals surface area contributed by atoms with E-state index in [1.54, 1.807) is 12.1 Å². The Morgan fingerprint density at radius 1 is 1.21 bits per heavy atom. The molecular formula is C21H23F3N2O6S. The third-order valence-electron chi connectivity index (χ3n) is 5.27. The molecule has 1 atom stereocenters. The second-order valence-electron chi connectivity index (χ2n) is 7.58. The number of hydrogen-bond acceptors (Lipinski definition) is 6. The van der Waals surface area contributed by atoms with Crippen molar-refractivity contribution in [2.45, 2.75) is 43.5 Å². The molecule has 1 aliphatic heterocycles. The molecule has 33 heavy (non-hydrogen) atoms. The first-order valence-electron chi connectivity index (χ1n) is 10.2. The number of nitrogens with zero attached hydrogens (tertiary/aromatic N) is 1. The second kappa shape index (κ2) is 9.96. The van der Waals surface area contributed by atoms with Crippen LogP contribution in [0, 0.1) is 5.92 Å². The van der Waals surface area contributed by atoms with E-state index in [1.165, 1.54) is 13.2 Å². The summed E-state index contributed by atoms with van der Waals surface area (Å²) in [7, 11) is -4.15. The number of benzene rings is 1. The van der Waals surface area contributed by atoms with E-state index in [0.29, 0.717) is 11.8 Å². The molecule has 8 nitrogen and oxygen atoms in total. The van der Waals surface area contributed by atoms with Crippen LogP contribution in [0.1, 0.15) is 31.1 Å². The van der Waals surface area contributed by atoms with Crippen LogP contribution in [0.25, 0.3) is 0 Å². The van der Waals surface area contributed by atoms with E-state index in [0.717, 1.165) is 22.5 Å². The smallest absolute Gasteiger partial charge is 0.416 e. The van der Waals surface area contributed by atoms with E-state index < -0.39 is 50.6 Å². The van der Waals surface area contributed by atoms with Gasteiger partial charge >= 0.3 is 12.1 Å². The maximum atomic E-state index is 12.9. The van der Waals surface area contributed by atoms with Gasteiger partial charge in [-0.15, -0.1) is 0 Å². The molecule has 1 aromatic carbocycles. The number of ether oxygens (including phenoxy) is 1. The number of amides is 1. The molecule has 1 N–H and O–H groups in total. The first-order valence-corrected chi connectivity index (χ1v) is 11.6. The largest absolute Gasteiger partial charge is 0.467 e. The fourth-order valence-corrected chi connectivity index (χ4v) is 4.89. The van der Waals surface area contributed by atoms with Crippen LogP contribution in [0.15, 0.2) is 52.0 Å². The van der Waals surface area contributed by atoms with Crippen LogP contribution in [0.2, 0.25) is 0 Å². The van der Waals surface area contributed by atoms with Crippen LogP contribution in [-0.2, 0) is 37.1 Å². The molecule has 3 rings (SSSR count). The third kappa shape index (κ3) is 6.14. The van der Waals surface area contributed by atoms with Crippen LogP contribution in [0.3, 0.4) is 0 Å². The van der Waals surface area contributed by atoms with Gasteiger partial charge in [-0.25, -0.2) is 8.42 Å². The van der Waals surface area contributed by atoms with Gasteiger partial charge in [-0.1, -0.05) is 6.07 Å². The first kappa shape index (κ1) is 24.8. The minimum atomic E-state index is -4.66. The SMILES string of the molecule is CC(OC(=O)C1CCN(S(=O)(=O)c2cccc(C(F)(F)F)c2)CC1)C(=O)NCc1ccco1. The standard InChI is InChI=1S/C21H23F3N2O6S/c1-14(19(27)25-13-17-5-3-11-31-17)32-20(28)15-7-9-26(10-8-15)33(29,30)18-6-2-4-16(12-18)21(22,23)24/h2-6,11-12,14-15H,7-10,13H2,1H3,(H,25,27). The average Bonchev–Trinajstić information content (AvgIpc) is 3.30. The van der Waals surface area contributed by atoms with Gasteiger partial charge in [-0.05, 0) is 50.1 Å². The Bertz CT molecular complexity index is 1080. The lowest BCUT2D eigenvalue weighted by Crippen LogP contribution is -2.42. The van der Waals surface area contributed by atoms with Crippen molar-refractivity contribution >= 4 is 21.9 Å². The topological polar surface area (TPSA) is 106 Å². The van der Waals surface area contributed by atoms with Crippen molar-refractivity contribution in [3.05, 3.63) is 54.0 Å². The lowest BCUT2D eigenvalue weighted by atomic mass is 9.98. The van der Waals surface area contributed by atoms with Crippen molar-refractivity contribution in [3.63, 3.8) is 0 Å². The molecule has 12 heteroatoms. The molecule has 0 saturated carbocycles. The van der Waals surface area contributed by atoms with Gasteiger partial charge in [0.1, 0.15) is 5.76 Å². The number of rotatable bonds is 7. The van der Waals surface area contributed by atoms with Crippen LogP contribution in [0.4, 0.5) is 13.2 Å². The van der Waals surface area contributed by atoms with Gasteiger partial charge in [0.25, 0.3) is 5.91 Å². The minimum Gasteiger partial charge on any atom is -0.467 e. The maximum Gasteiger partial charge on any atom is 0.416 e. The Kier molecular flexibility index (Phi) is 7.48. The van der Waals surface area contributed by atoms with E-state index in [4.69, 9.17) is 9.15 Å². The number of sulfonamides is 1. The number of alkyl halides is 3. The Labute approximate surface area is 188 Å². The van der Waals surface area contributed by atoms with Gasteiger partial charge in [0.05, 0.1) is 29.2 Å². The van der Waals surface area contributed by atoms with Crippen LogP contribution >= 0.6 is 0 Å². The fourth-order valence-electron chi connectivity index (χ4n) is 3.37. The molecular weight excluding hydrogens is 465 g/mol. The summed E-state index contributed by atoms with van der Waals surface area (Å²) in [5.41, 5.74) is -1.05. The highest BCUT2D eigenvalue weighted by atomic mass is 32.2. The predicted molar refractivity (Wildman–Crippen MR) is 109 cm³/mol. The van der Waals surface area contributed by atoms with Crippen LogP contribution in [0.5, 0.6) is 0 Å². The van der Waals surface area contributed by atoms with Gasteiger partial charge in [-0.3, -0.25) is 9.59 Å². The molecule has 1 saturated heterocycles. The molecule has 2 aromatic rings. The summed E-state index contributed by atoms with van der Waals surface area (Å²) in [4.78, 5) is 24.1. The zero-order chi connectivity index (χ0) is 24.2. The van der Waals surface area contributed by atoms with Crippen LogP contribution < -0.4 is 5.32 Å². The fraction of sp³-hybridized carbons (Fsp3) is 0.429. The molecule has 0 aliphatic carbocycles. The molecule has 2 heterocycles. The number of piperidine rings is 1. The number of halogens is 3. The van der Waals surface area contributed by atoms with Crippen molar-refractivity contribution in [2.24, 2.45) is 5.92 Å². The summed E-state index contributed by atoms with van der Waals surface area (Å²) >= 11 is 0. The normalized spacial score (nSPS) is 16.8. The first-order chi connectivity index (χ1) is 15.5. The van der Waals surface area contributed by atoms with Crippen LogP contribution in [-0.4, -0.2) is 43.8 Å². The molecule has 1 aliphatic rings. The molecule has 0 radical (unpaired) electrons. The zero-order valence-electron chi connectivity index (χ0n) is 17.7. The molecule has 1 unspecified atom stereocenters. The van der Waals surface area contributed by atoms with Gasteiger partial charge in [0.2, 0.25) is 10.0 Å². The third-order valence-corrected chi connectivity index (χ3v) is 7.16. The summed E-state index contributed by atoms with van der Waals surface area (Å²) in [5.74, 6) is -1.23. The summed E-state index contributed by atoms with van der Waals surface area (Å²) in [6.45, 7) is 1.44. The van der Waals surface area contributed by atoms with Gasteiger partial charge in [0, 0.05) is 13.1 Å². The number of esters is 1. The minimum absolute atomic E-state index is 0.0581. The molecule has 1 fully saturated rings. The number of furan rings is 1. The van der Waals surface area contributed by atoms with Crippen molar-refractivity contribution in [1.82, 2.24) is 9.62 Å². The predicted octanol–water partition coefficient (Wildman–Crippen LogP) is 2.95. The highest BCUT2D eigenvalue weighted by Gasteiger charge is 2.36. The van der Waals surface area contributed by atoms with Crippen molar-refractivity contribution < 1.29 is 40.3 Å². The lowest BCUT2D eigenvalue weighted by Gasteiger charge is -2.30. The number of nitrogens with one attached hydrogen (secondary N) is 1. The van der Waals surface area contributed by atoms with Crippen molar-refractivity contribution in [3.8, 4) is 0 Å². The number of carbonyl (C=O) groups excluding carboxylic acids is 2. The van der Waals surface area contributed by atoms with Gasteiger partial charge < -0.3 is 14.5 Å². The van der Waals surface area contributed by atoms with Crippen molar-refractivity contribution in [1.29, 1.82) is 0 Å². The monoisotopic (exact) mass is 488 g/mol. The number of hydrogen-bond donors (Lipinski definition) is 1. The average molecular weight is 488 g/mol. The van der Waals surface area contributed by atoms with E-state index in [-0.39, 0.29) is 32.5 Å². The van der Waals surface area contributed by atoms with E-state index in [1.807, 2.05) is 0 Å². The Hall–Kier alpha value is -2.86. The summed E-state index contributed by atoms with van der Waals surface area (Å²) in [6.07, 6.45) is -4.01. The highest BCUT2D eigenvalue weighted by molar-refractivity contribution is 7.89. The summed E-state index contributed by atoms with van der Waals surface area (Å²) in [5, 5.41) is 2.58. The van der Waals surface area contributed by atoms with Gasteiger partial charge in [-0.2, -0.15) is 17.5 Å². The Morgan fingerprint density at radius 2 is 1.91 bits per heavy atom. The van der Waals surface area contributed by atoms with E-state index in [2.05, 4.69) is 5.32 Å². The van der Waals surface area contributed by atoms with E-state index in [9.17, 15) is 31.2 Å². The second-order valence-corrected chi connectivity index (χ2v) is 9.52. The Balaban J connectivity index is 1.53. The van der Waals surface area contributed by atoms with Gasteiger partial charge in [0.15, 0.2) is 6.10 Å². The Morgan fingerprint density at radius 3 is 2.52 bits per heavy atom. The number of carbonyl (C=O) groups is 2. The molecule has 1 aromatic heterocycles. The quantitative estimate of drug-likeness (QED) is 0.601. The highest BCUT2D eigenvalue weighted by Crippen LogP contribution is 2.32. The molecule has 1 amide bonds. The summed E-state index contributed by atoms with van der Waals surface area (Å²) < 4.78 is 75.7. The molecule has 0 bridgehead atoms.